The first-order valence-corrected chi connectivity index (χ1v) is 12.8. The van der Waals surface area contributed by atoms with E-state index in [4.69, 9.17) is 4.74 Å². The molecule has 0 bridgehead atoms. The topological polar surface area (TPSA) is 104 Å². The second-order valence-corrected chi connectivity index (χ2v) is 11.4. The Morgan fingerprint density at radius 2 is 1.44 bits per heavy atom. The van der Waals surface area contributed by atoms with Crippen LogP contribution in [0.3, 0.4) is 0 Å². The highest BCUT2D eigenvalue weighted by Gasteiger charge is 2.39. The van der Waals surface area contributed by atoms with Crippen molar-refractivity contribution in [2.75, 3.05) is 42.2 Å². The lowest BCUT2D eigenvalue weighted by atomic mass is 10.1. The number of imide groups is 1. The van der Waals surface area contributed by atoms with Crippen molar-refractivity contribution in [3.05, 3.63) is 53.6 Å². The molecule has 0 spiro atoms. The molecular weight excluding hydrogens is 458 g/mol. The van der Waals surface area contributed by atoms with Gasteiger partial charge < -0.3 is 14.5 Å². The SMILES string of the molecule is CC(C)(C)OC(=O)N1CCN(c2ccc(S(C)(=O)=O)cc2N2C(=O)c3ccccc3C2=O)CC1. The summed E-state index contributed by atoms with van der Waals surface area (Å²) in [7, 11) is -3.58. The van der Waals surface area contributed by atoms with Crippen LogP contribution in [0, 0.1) is 0 Å². The number of hydrogen-bond acceptors (Lipinski definition) is 7. The van der Waals surface area contributed by atoms with Gasteiger partial charge in [-0.1, -0.05) is 12.1 Å². The van der Waals surface area contributed by atoms with E-state index in [9.17, 15) is 22.8 Å². The normalized spacial score (nSPS) is 16.6. The zero-order valence-corrected chi connectivity index (χ0v) is 20.4. The third-order valence-corrected chi connectivity index (χ3v) is 6.79. The van der Waals surface area contributed by atoms with Gasteiger partial charge in [0.15, 0.2) is 9.84 Å². The second kappa shape index (κ2) is 8.43. The summed E-state index contributed by atoms with van der Waals surface area (Å²) in [5, 5.41) is 0. The van der Waals surface area contributed by atoms with Crippen LogP contribution in [0.1, 0.15) is 41.5 Å². The predicted molar refractivity (Wildman–Crippen MR) is 127 cm³/mol. The monoisotopic (exact) mass is 485 g/mol. The van der Waals surface area contributed by atoms with Crippen molar-refractivity contribution in [2.45, 2.75) is 31.3 Å². The molecule has 2 aromatic rings. The van der Waals surface area contributed by atoms with Crippen molar-refractivity contribution in [3.63, 3.8) is 0 Å². The average Bonchev–Trinajstić information content (AvgIpc) is 3.02. The molecule has 2 aliphatic heterocycles. The largest absolute Gasteiger partial charge is 0.444 e. The van der Waals surface area contributed by atoms with Crippen LogP contribution in [0.5, 0.6) is 0 Å². The number of ether oxygens (including phenoxy) is 1. The van der Waals surface area contributed by atoms with E-state index in [0.717, 1.165) is 11.2 Å². The molecule has 3 amide bonds. The van der Waals surface area contributed by atoms with Gasteiger partial charge in [-0.2, -0.15) is 0 Å². The zero-order valence-electron chi connectivity index (χ0n) is 19.6. The summed E-state index contributed by atoms with van der Waals surface area (Å²) in [5.41, 5.74) is 0.704. The number of piperazine rings is 1. The Kier molecular flexibility index (Phi) is 5.89. The number of carbonyl (C=O) groups excluding carboxylic acids is 3. The molecule has 34 heavy (non-hydrogen) atoms. The molecule has 2 heterocycles. The van der Waals surface area contributed by atoms with E-state index in [2.05, 4.69) is 0 Å². The minimum absolute atomic E-state index is 0.00944. The van der Waals surface area contributed by atoms with Gasteiger partial charge in [0, 0.05) is 32.4 Å². The van der Waals surface area contributed by atoms with Crippen LogP contribution in [-0.4, -0.2) is 69.3 Å². The van der Waals surface area contributed by atoms with Crippen LogP contribution in [0.15, 0.2) is 47.4 Å². The third kappa shape index (κ3) is 4.50. The van der Waals surface area contributed by atoms with Crippen LogP contribution in [0.2, 0.25) is 0 Å². The summed E-state index contributed by atoms with van der Waals surface area (Å²) >= 11 is 0. The molecule has 9 nitrogen and oxygen atoms in total. The molecule has 0 aromatic heterocycles. The Morgan fingerprint density at radius 3 is 1.94 bits per heavy atom. The molecule has 0 atom stereocenters. The highest BCUT2D eigenvalue weighted by molar-refractivity contribution is 7.90. The standard InChI is InChI=1S/C24H27N3O6S/c1-24(2,3)33-23(30)26-13-11-25(12-14-26)19-10-9-16(34(4,31)32)15-20(19)27-21(28)17-7-5-6-8-18(17)22(27)29/h5-10,15H,11-14H2,1-4H3. The number of sulfone groups is 1. The first kappa shape index (κ1) is 23.7. The third-order valence-electron chi connectivity index (χ3n) is 5.68. The van der Waals surface area contributed by atoms with Crippen molar-refractivity contribution in [2.24, 2.45) is 0 Å². The van der Waals surface area contributed by atoms with Gasteiger partial charge in [0.25, 0.3) is 11.8 Å². The Balaban J connectivity index is 1.67. The number of anilines is 2. The summed E-state index contributed by atoms with van der Waals surface area (Å²) in [6.07, 6.45) is 0.675. The molecule has 2 aliphatic rings. The van der Waals surface area contributed by atoms with Crippen molar-refractivity contribution in [1.29, 1.82) is 0 Å². The molecule has 2 aromatic carbocycles. The Bertz CT molecular complexity index is 1240. The molecule has 0 aliphatic carbocycles. The number of hydrogen-bond donors (Lipinski definition) is 0. The average molecular weight is 486 g/mol. The Hall–Kier alpha value is -3.40. The van der Waals surface area contributed by atoms with Gasteiger partial charge >= 0.3 is 6.09 Å². The van der Waals surface area contributed by atoms with Gasteiger partial charge in [-0.15, -0.1) is 0 Å². The summed E-state index contributed by atoms with van der Waals surface area (Å²) < 4.78 is 29.9. The molecular formula is C24H27N3O6S. The highest BCUT2D eigenvalue weighted by Crippen LogP contribution is 2.37. The minimum atomic E-state index is -3.58. The molecule has 0 radical (unpaired) electrons. The Morgan fingerprint density at radius 1 is 0.882 bits per heavy atom. The molecule has 180 valence electrons. The lowest BCUT2D eigenvalue weighted by Crippen LogP contribution is -2.50. The molecule has 0 N–H and O–H groups in total. The van der Waals surface area contributed by atoms with Crippen LogP contribution >= 0.6 is 0 Å². The van der Waals surface area contributed by atoms with Crippen LogP contribution in [0.4, 0.5) is 16.2 Å². The first-order chi connectivity index (χ1) is 15.9. The fourth-order valence-corrected chi connectivity index (χ4v) is 4.69. The van der Waals surface area contributed by atoms with Crippen LogP contribution in [0.25, 0.3) is 0 Å². The maximum atomic E-state index is 13.1. The maximum Gasteiger partial charge on any atom is 0.410 e. The number of rotatable bonds is 3. The number of nitrogens with zero attached hydrogens (tertiary/aromatic N) is 3. The van der Waals surface area contributed by atoms with E-state index in [1.165, 1.54) is 12.1 Å². The van der Waals surface area contributed by atoms with Crippen molar-refractivity contribution < 1.29 is 27.5 Å². The van der Waals surface area contributed by atoms with E-state index in [-0.39, 0.29) is 21.7 Å². The number of amides is 3. The van der Waals surface area contributed by atoms with Gasteiger partial charge in [0.05, 0.1) is 27.4 Å². The van der Waals surface area contributed by atoms with Crippen LogP contribution in [-0.2, 0) is 14.6 Å². The van der Waals surface area contributed by atoms with Crippen LogP contribution < -0.4 is 9.80 Å². The Labute approximate surface area is 198 Å². The maximum absolute atomic E-state index is 13.1. The minimum Gasteiger partial charge on any atom is -0.444 e. The van der Waals surface area contributed by atoms with E-state index in [1.54, 1.807) is 56.0 Å². The van der Waals surface area contributed by atoms with E-state index in [0.29, 0.717) is 31.9 Å². The van der Waals surface area contributed by atoms with E-state index >= 15 is 0 Å². The van der Waals surface area contributed by atoms with E-state index < -0.39 is 33.3 Å². The molecule has 10 heteroatoms. The first-order valence-electron chi connectivity index (χ1n) is 10.9. The quantitative estimate of drug-likeness (QED) is 0.616. The van der Waals surface area contributed by atoms with Gasteiger partial charge in [0.2, 0.25) is 0 Å². The fraction of sp³-hybridized carbons (Fsp3) is 0.375. The summed E-state index contributed by atoms with van der Waals surface area (Å²) in [4.78, 5) is 43.3. The summed E-state index contributed by atoms with van der Waals surface area (Å²) in [5.74, 6) is -1.00. The smallest absolute Gasteiger partial charge is 0.410 e. The van der Waals surface area contributed by atoms with Gasteiger partial charge in [-0.25, -0.2) is 18.1 Å². The molecule has 1 fully saturated rings. The number of carbonyl (C=O) groups is 3. The lowest BCUT2D eigenvalue weighted by Gasteiger charge is -2.38. The molecule has 0 saturated carbocycles. The van der Waals surface area contributed by atoms with E-state index in [1.807, 2.05) is 4.90 Å². The summed E-state index contributed by atoms with van der Waals surface area (Å²) in [6.45, 7) is 7.02. The number of benzene rings is 2. The second-order valence-electron chi connectivity index (χ2n) is 9.37. The van der Waals surface area contributed by atoms with Crippen molar-refractivity contribution in [3.8, 4) is 0 Å². The number of fused-ring (bicyclic) bond motifs is 1. The lowest BCUT2D eigenvalue weighted by molar-refractivity contribution is 0.0240. The van der Waals surface area contributed by atoms with Gasteiger partial charge in [-0.3, -0.25) is 9.59 Å². The summed E-state index contributed by atoms with van der Waals surface area (Å²) in [6, 6.07) is 11.0. The zero-order chi connectivity index (χ0) is 24.8. The molecule has 1 saturated heterocycles. The predicted octanol–water partition coefficient (Wildman–Crippen LogP) is 2.95. The van der Waals surface area contributed by atoms with Crippen molar-refractivity contribution >= 4 is 39.1 Å². The highest BCUT2D eigenvalue weighted by atomic mass is 32.2. The van der Waals surface area contributed by atoms with Crippen molar-refractivity contribution in [1.82, 2.24) is 4.90 Å². The van der Waals surface area contributed by atoms with Gasteiger partial charge in [0.1, 0.15) is 5.60 Å². The molecule has 0 unspecified atom stereocenters. The van der Waals surface area contributed by atoms with Gasteiger partial charge in [-0.05, 0) is 51.1 Å². The molecule has 4 rings (SSSR count). The fourth-order valence-electron chi connectivity index (χ4n) is 4.04.